The molecule has 1 aliphatic rings. The molecule has 0 radical (unpaired) electrons. The Labute approximate surface area is 152 Å². The maximum atomic E-state index is 12.5. The molecular weight excluding hydrogens is 336 g/mol. The molecule has 1 saturated heterocycles. The van der Waals surface area contributed by atoms with Crippen molar-refractivity contribution in [2.45, 2.75) is 32.2 Å². The van der Waals surface area contributed by atoms with Gasteiger partial charge in [0.15, 0.2) is 0 Å². The van der Waals surface area contributed by atoms with E-state index in [1.165, 1.54) is 4.90 Å². The molecule has 0 aliphatic carbocycles. The summed E-state index contributed by atoms with van der Waals surface area (Å²) in [6.07, 6.45) is 0.918. The largest absolute Gasteiger partial charge is 0.345 e. The van der Waals surface area contributed by atoms with E-state index in [9.17, 15) is 19.2 Å². The van der Waals surface area contributed by atoms with Crippen LogP contribution < -0.4 is 10.6 Å². The van der Waals surface area contributed by atoms with Gasteiger partial charge < -0.3 is 15.5 Å². The third-order valence-corrected chi connectivity index (χ3v) is 4.55. The number of benzene rings is 1. The van der Waals surface area contributed by atoms with Crippen molar-refractivity contribution in [3.63, 3.8) is 0 Å². The van der Waals surface area contributed by atoms with Gasteiger partial charge in [-0.2, -0.15) is 0 Å². The quantitative estimate of drug-likeness (QED) is 0.750. The van der Waals surface area contributed by atoms with E-state index in [0.29, 0.717) is 24.1 Å². The van der Waals surface area contributed by atoms with E-state index < -0.39 is 17.5 Å². The van der Waals surface area contributed by atoms with Crippen LogP contribution in [-0.4, -0.2) is 59.7 Å². The zero-order valence-electron chi connectivity index (χ0n) is 15.5. The number of urea groups is 1. The van der Waals surface area contributed by atoms with Gasteiger partial charge in [-0.1, -0.05) is 19.9 Å². The first-order valence-corrected chi connectivity index (χ1v) is 8.49. The van der Waals surface area contributed by atoms with Crippen LogP contribution in [0.4, 0.5) is 10.5 Å². The summed E-state index contributed by atoms with van der Waals surface area (Å²) in [5, 5.41) is 5.30. The standard InChI is InChI=1S/C18H24N4O4/c1-5-18(6-2)16(25)22(17(26)20-18)11-14(23)19-13-9-7-8-12(10-13)15(24)21(3)4/h7-10H,5-6,11H2,1-4H3,(H,19,23)(H,20,26). The molecule has 0 atom stereocenters. The zero-order chi connectivity index (χ0) is 19.5. The Morgan fingerprint density at radius 1 is 1.19 bits per heavy atom. The number of nitrogens with zero attached hydrogens (tertiary/aromatic N) is 2. The van der Waals surface area contributed by atoms with E-state index in [4.69, 9.17) is 0 Å². The lowest BCUT2D eigenvalue weighted by Gasteiger charge is -2.23. The fourth-order valence-electron chi connectivity index (χ4n) is 2.88. The van der Waals surface area contributed by atoms with Crippen LogP contribution >= 0.6 is 0 Å². The van der Waals surface area contributed by atoms with Crippen LogP contribution in [0.15, 0.2) is 24.3 Å². The van der Waals surface area contributed by atoms with Crippen LogP contribution in [0, 0.1) is 0 Å². The summed E-state index contributed by atoms with van der Waals surface area (Å²) < 4.78 is 0. The molecule has 0 unspecified atom stereocenters. The molecule has 1 aromatic rings. The molecule has 140 valence electrons. The Morgan fingerprint density at radius 3 is 2.38 bits per heavy atom. The van der Waals surface area contributed by atoms with Crippen molar-refractivity contribution in [2.75, 3.05) is 26.0 Å². The van der Waals surface area contributed by atoms with E-state index in [1.54, 1.807) is 38.4 Å². The molecule has 8 nitrogen and oxygen atoms in total. The van der Waals surface area contributed by atoms with Crippen molar-refractivity contribution in [3.8, 4) is 0 Å². The topological polar surface area (TPSA) is 98.8 Å². The number of imide groups is 1. The molecule has 0 bridgehead atoms. The van der Waals surface area contributed by atoms with E-state index in [0.717, 1.165) is 4.90 Å². The first kappa shape index (κ1) is 19.4. The summed E-state index contributed by atoms with van der Waals surface area (Å²) in [6.45, 7) is 3.26. The number of amides is 5. The fourth-order valence-corrected chi connectivity index (χ4v) is 2.88. The minimum atomic E-state index is -0.935. The van der Waals surface area contributed by atoms with Crippen molar-refractivity contribution in [1.29, 1.82) is 0 Å². The van der Waals surface area contributed by atoms with Crippen molar-refractivity contribution in [2.24, 2.45) is 0 Å². The molecule has 0 spiro atoms. The molecule has 1 heterocycles. The number of hydrogen-bond donors (Lipinski definition) is 2. The van der Waals surface area contributed by atoms with Crippen LogP contribution in [-0.2, 0) is 9.59 Å². The van der Waals surface area contributed by atoms with E-state index in [-0.39, 0.29) is 18.4 Å². The summed E-state index contributed by atoms with van der Waals surface area (Å²) in [6, 6.07) is 5.92. The summed E-state index contributed by atoms with van der Waals surface area (Å²) in [7, 11) is 3.28. The number of rotatable bonds is 6. The Balaban J connectivity index is 2.08. The molecule has 5 amide bonds. The second kappa shape index (κ2) is 7.55. The highest BCUT2D eigenvalue weighted by Crippen LogP contribution is 2.24. The lowest BCUT2D eigenvalue weighted by molar-refractivity contribution is -0.134. The number of carbonyl (C=O) groups is 4. The Bertz CT molecular complexity index is 740. The monoisotopic (exact) mass is 360 g/mol. The third-order valence-electron chi connectivity index (χ3n) is 4.55. The lowest BCUT2D eigenvalue weighted by Crippen LogP contribution is -2.46. The normalized spacial score (nSPS) is 15.6. The second-order valence-corrected chi connectivity index (χ2v) is 6.44. The first-order valence-electron chi connectivity index (χ1n) is 8.49. The van der Waals surface area contributed by atoms with Gasteiger partial charge in [-0.05, 0) is 31.0 Å². The predicted octanol–water partition coefficient (Wildman–Crippen LogP) is 1.44. The van der Waals surface area contributed by atoms with Gasteiger partial charge in [-0.15, -0.1) is 0 Å². The van der Waals surface area contributed by atoms with Crippen LogP contribution in [0.25, 0.3) is 0 Å². The van der Waals surface area contributed by atoms with Gasteiger partial charge in [0.05, 0.1) is 0 Å². The fraction of sp³-hybridized carbons (Fsp3) is 0.444. The average Bonchev–Trinajstić information content (AvgIpc) is 2.85. The Kier molecular flexibility index (Phi) is 5.64. The number of carbonyl (C=O) groups excluding carboxylic acids is 4. The molecule has 8 heteroatoms. The van der Waals surface area contributed by atoms with Crippen LogP contribution in [0.3, 0.4) is 0 Å². The lowest BCUT2D eigenvalue weighted by atomic mass is 9.93. The van der Waals surface area contributed by atoms with E-state index in [1.807, 2.05) is 13.8 Å². The summed E-state index contributed by atoms with van der Waals surface area (Å²) in [4.78, 5) is 51.2. The average molecular weight is 360 g/mol. The summed E-state index contributed by atoms with van der Waals surface area (Å²) in [5.74, 6) is -1.09. The second-order valence-electron chi connectivity index (χ2n) is 6.44. The molecule has 1 aromatic carbocycles. The smallest absolute Gasteiger partial charge is 0.325 e. The molecule has 2 rings (SSSR count). The highest BCUT2D eigenvalue weighted by Gasteiger charge is 2.49. The molecular formula is C18H24N4O4. The third kappa shape index (κ3) is 3.68. The van der Waals surface area contributed by atoms with Gasteiger partial charge >= 0.3 is 6.03 Å². The number of hydrogen-bond acceptors (Lipinski definition) is 4. The summed E-state index contributed by atoms with van der Waals surface area (Å²) in [5.41, 5.74) is -0.0825. The Hall–Kier alpha value is -2.90. The predicted molar refractivity (Wildman–Crippen MR) is 96.6 cm³/mol. The number of nitrogens with one attached hydrogen (secondary N) is 2. The van der Waals surface area contributed by atoms with Crippen LogP contribution in [0.5, 0.6) is 0 Å². The van der Waals surface area contributed by atoms with Gasteiger partial charge in [-0.3, -0.25) is 19.3 Å². The van der Waals surface area contributed by atoms with Gasteiger partial charge in [0.25, 0.3) is 11.8 Å². The maximum absolute atomic E-state index is 12.5. The maximum Gasteiger partial charge on any atom is 0.325 e. The molecule has 0 saturated carbocycles. The van der Waals surface area contributed by atoms with Gasteiger partial charge in [0.2, 0.25) is 5.91 Å². The van der Waals surface area contributed by atoms with Crippen molar-refractivity contribution < 1.29 is 19.2 Å². The molecule has 1 fully saturated rings. The van der Waals surface area contributed by atoms with Gasteiger partial charge in [0, 0.05) is 25.3 Å². The number of anilines is 1. The molecule has 26 heavy (non-hydrogen) atoms. The van der Waals surface area contributed by atoms with Crippen molar-refractivity contribution in [3.05, 3.63) is 29.8 Å². The van der Waals surface area contributed by atoms with Crippen molar-refractivity contribution >= 4 is 29.4 Å². The van der Waals surface area contributed by atoms with E-state index >= 15 is 0 Å². The molecule has 1 aliphatic heterocycles. The van der Waals surface area contributed by atoms with E-state index in [2.05, 4.69) is 10.6 Å². The van der Waals surface area contributed by atoms with Gasteiger partial charge in [0.1, 0.15) is 12.1 Å². The first-order chi connectivity index (χ1) is 12.2. The Morgan fingerprint density at radius 2 is 1.85 bits per heavy atom. The van der Waals surface area contributed by atoms with Gasteiger partial charge in [-0.25, -0.2) is 4.79 Å². The minimum absolute atomic E-state index is 0.189. The van der Waals surface area contributed by atoms with Crippen LogP contribution in [0.1, 0.15) is 37.0 Å². The summed E-state index contributed by atoms with van der Waals surface area (Å²) >= 11 is 0. The van der Waals surface area contributed by atoms with Crippen LogP contribution in [0.2, 0.25) is 0 Å². The molecule has 2 N–H and O–H groups in total. The highest BCUT2D eigenvalue weighted by atomic mass is 16.2. The van der Waals surface area contributed by atoms with Crippen molar-refractivity contribution in [1.82, 2.24) is 15.1 Å². The molecule has 0 aromatic heterocycles. The zero-order valence-corrected chi connectivity index (χ0v) is 15.5. The minimum Gasteiger partial charge on any atom is -0.345 e. The SMILES string of the molecule is CCC1(CC)NC(=O)N(CC(=O)Nc2cccc(C(=O)N(C)C)c2)C1=O. The highest BCUT2D eigenvalue weighted by molar-refractivity contribution is 6.10.